The fourth-order valence-electron chi connectivity index (χ4n) is 6.31. The maximum atomic E-state index is 13.0. The van der Waals surface area contributed by atoms with Crippen molar-refractivity contribution in [1.82, 2.24) is 35.5 Å². The Bertz CT molecular complexity index is 1880. The third kappa shape index (κ3) is 10.8. The number of fused-ring (bicyclic) bond motifs is 1. The molecule has 284 valence electrons. The van der Waals surface area contributed by atoms with Gasteiger partial charge in [0.25, 0.3) is 11.5 Å². The number of thioether (sulfide) groups is 1. The lowest BCUT2D eigenvalue weighted by atomic mass is 9.81. The minimum absolute atomic E-state index is 0.0207. The van der Waals surface area contributed by atoms with Gasteiger partial charge in [-0.3, -0.25) is 33.9 Å². The second-order valence-corrected chi connectivity index (χ2v) is 15.1. The van der Waals surface area contributed by atoms with Crippen LogP contribution in [0.5, 0.6) is 0 Å². The van der Waals surface area contributed by atoms with Crippen LogP contribution in [0, 0.1) is 5.92 Å². The van der Waals surface area contributed by atoms with Gasteiger partial charge in [0.1, 0.15) is 6.04 Å². The summed E-state index contributed by atoms with van der Waals surface area (Å²) in [6, 6.07) is 5.75. The number of carboxylic acids is 1. The summed E-state index contributed by atoms with van der Waals surface area (Å²) < 4.78 is 6.09. The summed E-state index contributed by atoms with van der Waals surface area (Å²) >= 11 is 1.04. The van der Waals surface area contributed by atoms with E-state index in [1.54, 1.807) is 18.3 Å². The highest BCUT2D eigenvalue weighted by Crippen LogP contribution is 2.34. The van der Waals surface area contributed by atoms with E-state index >= 15 is 0 Å². The Morgan fingerprint density at radius 3 is 2.58 bits per heavy atom. The fourth-order valence-corrected chi connectivity index (χ4v) is 7.49. The molecule has 6 N–H and O–H groups in total. The van der Waals surface area contributed by atoms with E-state index in [-0.39, 0.29) is 85.1 Å². The highest BCUT2D eigenvalue weighted by atomic mass is 32.2. The number of nitrogens with one attached hydrogen (secondary N) is 3. The fraction of sp³-hybridized carbons (Fsp3) is 0.528. The normalized spacial score (nSPS) is 20.8. The average Bonchev–Trinajstić information content (AvgIpc) is 3.40. The Balaban J connectivity index is 0.984. The van der Waals surface area contributed by atoms with Crippen LogP contribution in [-0.4, -0.2) is 102 Å². The summed E-state index contributed by atoms with van der Waals surface area (Å²) in [7, 11) is 0. The SMILES string of the molecule is CC1CCC(C)(OCCN2C(=O)CC(SC[C@H](NC(=O)CCCNC(=O)c3ccc(CCc4cnc5nc(N)[nH]c(=O)c5n4)cc3)C(=O)O)C2=O)CC1. The number of carboxylic acid groups (broad SMARTS) is 1. The van der Waals surface area contributed by atoms with Crippen molar-refractivity contribution in [2.24, 2.45) is 5.92 Å². The number of carbonyl (C=O) groups excluding carboxylic acids is 4. The van der Waals surface area contributed by atoms with E-state index in [2.05, 4.69) is 44.4 Å². The first-order valence-corrected chi connectivity index (χ1v) is 18.9. The minimum atomic E-state index is -1.25. The van der Waals surface area contributed by atoms with Gasteiger partial charge in [0, 0.05) is 30.7 Å². The van der Waals surface area contributed by atoms with E-state index in [1.165, 1.54) is 4.90 Å². The number of amides is 4. The number of ether oxygens (including phenoxy) is 1. The summed E-state index contributed by atoms with van der Waals surface area (Å²) in [6.07, 6.45) is 6.92. The van der Waals surface area contributed by atoms with Crippen LogP contribution in [0.1, 0.15) is 80.4 Å². The van der Waals surface area contributed by atoms with Crippen LogP contribution in [0.15, 0.2) is 35.3 Å². The number of H-pyrrole nitrogens is 1. The van der Waals surface area contributed by atoms with Crippen LogP contribution < -0.4 is 21.9 Å². The standard InChI is InChI=1S/C36H46N8O8S/c1-21-11-13-36(2,14-12-21)52-17-16-44-28(46)18-26(33(44)49)53-20-25(34(50)51)41-27(45)4-3-15-38-31(47)23-8-5-22(6-9-23)7-10-24-19-39-30-29(40-24)32(48)43-35(37)42-30/h5-6,8-9,19,21,25-26H,3-4,7,10-18,20H2,1-2H3,(H,38,47)(H,41,45)(H,50,51)(H3,37,39,42,43,48)/t21?,25-,26?,36?/m0/s1. The average molecular weight is 751 g/mol. The van der Waals surface area contributed by atoms with Crippen LogP contribution in [0.3, 0.4) is 0 Å². The van der Waals surface area contributed by atoms with Crippen molar-refractivity contribution in [3.63, 3.8) is 0 Å². The number of imide groups is 1. The van der Waals surface area contributed by atoms with Crippen molar-refractivity contribution in [2.45, 2.75) is 88.5 Å². The molecule has 0 bridgehead atoms. The Morgan fingerprint density at radius 1 is 1.13 bits per heavy atom. The van der Waals surface area contributed by atoms with E-state index in [0.29, 0.717) is 30.0 Å². The lowest BCUT2D eigenvalue weighted by Crippen LogP contribution is -2.43. The minimum Gasteiger partial charge on any atom is -0.480 e. The second kappa shape index (κ2) is 17.7. The van der Waals surface area contributed by atoms with Gasteiger partial charge in [-0.25, -0.2) is 14.8 Å². The molecule has 5 rings (SSSR count). The Labute approximate surface area is 310 Å². The van der Waals surface area contributed by atoms with Crippen molar-refractivity contribution >= 4 is 58.5 Å². The van der Waals surface area contributed by atoms with E-state index < -0.39 is 28.7 Å². The van der Waals surface area contributed by atoms with Crippen LogP contribution in [-0.2, 0) is 36.8 Å². The van der Waals surface area contributed by atoms with Crippen LogP contribution in [0.2, 0.25) is 0 Å². The summed E-state index contributed by atoms with van der Waals surface area (Å²) in [6.45, 7) is 4.90. The van der Waals surface area contributed by atoms with Gasteiger partial charge in [0.05, 0.1) is 35.9 Å². The number of aliphatic carboxylic acids is 1. The van der Waals surface area contributed by atoms with Gasteiger partial charge in [-0.15, -0.1) is 11.8 Å². The lowest BCUT2D eigenvalue weighted by Gasteiger charge is -2.36. The first-order chi connectivity index (χ1) is 25.3. The Kier molecular flexibility index (Phi) is 13.2. The predicted molar refractivity (Wildman–Crippen MR) is 197 cm³/mol. The molecule has 2 atom stereocenters. The molecule has 53 heavy (non-hydrogen) atoms. The zero-order valence-electron chi connectivity index (χ0n) is 29.9. The molecule has 1 aliphatic heterocycles. The van der Waals surface area contributed by atoms with Gasteiger partial charge in [0.15, 0.2) is 11.2 Å². The maximum absolute atomic E-state index is 13.0. The first-order valence-electron chi connectivity index (χ1n) is 17.8. The summed E-state index contributed by atoms with van der Waals surface area (Å²) in [5, 5.41) is 14.2. The molecular formula is C36H46N8O8S. The number of hydrogen-bond acceptors (Lipinski definition) is 12. The molecular weight excluding hydrogens is 705 g/mol. The molecule has 0 radical (unpaired) electrons. The molecule has 2 aliphatic rings. The van der Waals surface area contributed by atoms with Crippen molar-refractivity contribution < 1.29 is 33.8 Å². The largest absolute Gasteiger partial charge is 0.480 e. The maximum Gasteiger partial charge on any atom is 0.327 e. The molecule has 1 saturated carbocycles. The van der Waals surface area contributed by atoms with Gasteiger partial charge >= 0.3 is 5.97 Å². The number of aromatic amines is 1. The third-order valence-corrected chi connectivity index (χ3v) is 10.9. The van der Waals surface area contributed by atoms with Crippen molar-refractivity contribution in [2.75, 3.05) is 31.2 Å². The number of nitrogens with two attached hydrogens (primary N) is 1. The third-order valence-electron chi connectivity index (χ3n) is 9.64. The Morgan fingerprint density at radius 2 is 1.87 bits per heavy atom. The number of nitrogen functional groups attached to an aromatic ring is 1. The summed E-state index contributed by atoms with van der Waals surface area (Å²) in [5.74, 6) is -2.20. The number of benzene rings is 1. The molecule has 1 aromatic carbocycles. The number of anilines is 1. The van der Waals surface area contributed by atoms with Crippen molar-refractivity contribution in [3.8, 4) is 0 Å². The van der Waals surface area contributed by atoms with E-state index in [1.807, 2.05) is 12.1 Å². The predicted octanol–water partition coefficient (Wildman–Crippen LogP) is 2.01. The molecule has 1 unspecified atom stereocenters. The smallest absolute Gasteiger partial charge is 0.327 e. The summed E-state index contributed by atoms with van der Waals surface area (Å²) in [5.41, 5.74) is 7.10. The highest BCUT2D eigenvalue weighted by molar-refractivity contribution is 8.00. The number of rotatable bonds is 17. The monoisotopic (exact) mass is 750 g/mol. The number of aryl methyl sites for hydroxylation is 2. The number of nitrogens with zero attached hydrogens (tertiary/aromatic N) is 4. The molecule has 4 amide bonds. The summed E-state index contributed by atoms with van der Waals surface area (Å²) in [4.78, 5) is 90.8. The molecule has 3 heterocycles. The number of likely N-dealkylation sites (tertiary alicyclic amines) is 1. The molecule has 2 aromatic heterocycles. The van der Waals surface area contributed by atoms with E-state index in [9.17, 15) is 33.9 Å². The first kappa shape index (κ1) is 39.3. The van der Waals surface area contributed by atoms with Crippen LogP contribution in [0.4, 0.5) is 5.95 Å². The highest BCUT2D eigenvalue weighted by Gasteiger charge is 2.40. The van der Waals surface area contributed by atoms with E-state index in [4.69, 9.17) is 10.5 Å². The van der Waals surface area contributed by atoms with Gasteiger partial charge in [-0.2, -0.15) is 4.98 Å². The quantitative estimate of drug-likeness (QED) is 0.0981. The lowest BCUT2D eigenvalue weighted by molar-refractivity contribution is -0.142. The van der Waals surface area contributed by atoms with Gasteiger partial charge in [-0.05, 0) is 75.5 Å². The number of hydrogen-bond donors (Lipinski definition) is 5. The zero-order valence-corrected chi connectivity index (χ0v) is 30.7. The topological polar surface area (TPSA) is 240 Å². The molecule has 17 heteroatoms. The number of aromatic nitrogens is 4. The van der Waals surface area contributed by atoms with Crippen molar-refractivity contribution in [3.05, 3.63) is 57.6 Å². The molecule has 1 saturated heterocycles. The van der Waals surface area contributed by atoms with Gasteiger partial charge in [0.2, 0.25) is 23.7 Å². The van der Waals surface area contributed by atoms with E-state index in [0.717, 1.165) is 43.0 Å². The van der Waals surface area contributed by atoms with Crippen LogP contribution >= 0.6 is 11.8 Å². The van der Waals surface area contributed by atoms with Gasteiger partial charge < -0.3 is 26.2 Å². The van der Waals surface area contributed by atoms with Crippen LogP contribution in [0.25, 0.3) is 11.2 Å². The molecule has 3 aromatic rings. The molecule has 0 spiro atoms. The molecule has 16 nitrogen and oxygen atoms in total. The zero-order chi connectivity index (χ0) is 38.1. The molecule has 2 fully saturated rings. The Hall–Kier alpha value is -4.90. The number of carbonyl (C=O) groups is 5. The van der Waals surface area contributed by atoms with Gasteiger partial charge in [-0.1, -0.05) is 19.1 Å². The second-order valence-electron chi connectivity index (χ2n) is 13.9. The molecule has 1 aliphatic carbocycles. The van der Waals surface area contributed by atoms with Crippen molar-refractivity contribution in [1.29, 1.82) is 0 Å².